The Hall–Kier alpha value is -2.18. The van der Waals surface area contributed by atoms with Crippen LogP contribution in [0.5, 0.6) is 0 Å². The van der Waals surface area contributed by atoms with E-state index in [9.17, 15) is 18.4 Å². The average molecular weight is 385 g/mol. The quantitative estimate of drug-likeness (QED) is 0.815. The van der Waals surface area contributed by atoms with Gasteiger partial charge in [-0.1, -0.05) is 29.3 Å². The molecule has 0 bridgehead atoms. The second-order valence-electron chi connectivity index (χ2n) is 5.68. The van der Waals surface area contributed by atoms with Gasteiger partial charge in [0.2, 0.25) is 11.8 Å². The normalized spacial score (nSPS) is 18.6. The van der Waals surface area contributed by atoms with E-state index in [0.717, 1.165) is 12.1 Å². The number of halogens is 4. The highest BCUT2D eigenvalue weighted by molar-refractivity contribution is 6.35. The summed E-state index contributed by atoms with van der Waals surface area (Å²) in [6.45, 7) is 0. The van der Waals surface area contributed by atoms with E-state index in [-0.39, 0.29) is 5.91 Å². The molecule has 0 heterocycles. The molecule has 1 saturated carbocycles. The lowest BCUT2D eigenvalue weighted by atomic mass is 10.2. The summed E-state index contributed by atoms with van der Waals surface area (Å²) in [5.41, 5.74) is -0.103. The summed E-state index contributed by atoms with van der Waals surface area (Å²) < 4.78 is 27.1. The maximum atomic E-state index is 13.6. The van der Waals surface area contributed by atoms with E-state index >= 15 is 0 Å². The number of nitrogens with one attached hydrogen (secondary N) is 2. The first-order valence-electron chi connectivity index (χ1n) is 7.37. The molecule has 0 aliphatic heterocycles. The van der Waals surface area contributed by atoms with Gasteiger partial charge in [-0.3, -0.25) is 9.59 Å². The van der Waals surface area contributed by atoms with Crippen molar-refractivity contribution in [2.45, 2.75) is 6.42 Å². The molecule has 1 fully saturated rings. The van der Waals surface area contributed by atoms with Crippen LogP contribution in [0.25, 0.3) is 0 Å². The Morgan fingerprint density at radius 2 is 1.44 bits per heavy atom. The first-order chi connectivity index (χ1) is 11.8. The van der Waals surface area contributed by atoms with E-state index in [2.05, 4.69) is 10.6 Å². The van der Waals surface area contributed by atoms with Crippen molar-refractivity contribution in [3.8, 4) is 0 Å². The highest BCUT2D eigenvalue weighted by Crippen LogP contribution is 2.40. The van der Waals surface area contributed by atoms with E-state index < -0.39 is 35.1 Å². The van der Waals surface area contributed by atoms with Crippen molar-refractivity contribution >= 4 is 46.4 Å². The standard InChI is InChI=1S/C17H12Cl2F2N2O2/c18-8-4-9(19)6-10(5-8)22-16(24)11-7-12(11)17(25)23-15-13(20)2-1-3-14(15)21/h1-6,11-12H,7H2,(H,22,24)(H,23,25). The zero-order valence-corrected chi connectivity index (χ0v) is 14.2. The van der Waals surface area contributed by atoms with Gasteiger partial charge >= 0.3 is 0 Å². The molecule has 2 N–H and O–H groups in total. The third-order valence-corrected chi connectivity index (χ3v) is 4.24. The number of hydrogen-bond donors (Lipinski definition) is 2. The SMILES string of the molecule is O=C(Nc1cc(Cl)cc(Cl)c1)C1CC1C(=O)Nc1c(F)cccc1F. The number of carbonyl (C=O) groups is 2. The second kappa shape index (κ2) is 6.98. The molecule has 2 unspecified atom stereocenters. The zero-order valence-electron chi connectivity index (χ0n) is 12.7. The largest absolute Gasteiger partial charge is 0.326 e. The van der Waals surface area contributed by atoms with Gasteiger partial charge in [-0.15, -0.1) is 0 Å². The molecule has 0 radical (unpaired) electrons. The van der Waals surface area contributed by atoms with Crippen LogP contribution in [0.2, 0.25) is 10.0 Å². The summed E-state index contributed by atoms with van der Waals surface area (Å²) in [4.78, 5) is 24.3. The first kappa shape index (κ1) is 17.6. The minimum atomic E-state index is -0.872. The number of para-hydroxylation sites is 1. The molecular formula is C17H12Cl2F2N2O2. The average Bonchev–Trinajstić information content (AvgIpc) is 3.30. The Labute approximate surface area is 152 Å². The maximum absolute atomic E-state index is 13.6. The van der Waals surface area contributed by atoms with Crippen LogP contribution in [0, 0.1) is 23.5 Å². The van der Waals surface area contributed by atoms with Crippen LogP contribution in [0.1, 0.15) is 6.42 Å². The molecule has 1 aliphatic carbocycles. The molecule has 1 aliphatic rings. The van der Waals surface area contributed by atoms with E-state index in [0.29, 0.717) is 22.2 Å². The summed E-state index contributed by atoms with van der Waals surface area (Å²) >= 11 is 11.7. The number of carbonyl (C=O) groups excluding carboxylic acids is 2. The minimum absolute atomic E-state index is 0.294. The predicted molar refractivity (Wildman–Crippen MR) is 91.7 cm³/mol. The molecule has 0 spiro atoms. The van der Waals surface area contributed by atoms with Crippen molar-refractivity contribution in [3.63, 3.8) is 0 Å². The highest BCUT2D eigenvalue weighted by atomic mass is 35.5. The van der Waals surface area contributed by atoms with Crippen molar-refractivity contribution in [2.75, 3.05) is 10.6 Å². The molecule has 2 atom stereocenters. The number of amides is 2. The van der Waals surface area contributed by atoms with Crippen LogP contribution in [0.3, 0.4) is 0 Å². The van der Waals surface area contributed by atoms with Crippen LogP contribution in [0.15, 0.2) is 36.4 Å². The summed E-state index contributed by atoms with van der Waals surface area (Å²) in [5, 5.41) is 5.54. The highest BCUT2D eigenvalue weighted by Gasteiger charge is 2.48. The predicted octanol–water partition coefficient (Wildman–Crippen LogP) is 4.48. The van der Waals surface area contributed by atoms with Crippen LogP contribution < -0.4 is 10.6 Å². The summed E-state index contributed by atoms with van der Waals surface area (Å²) in [5.74, 6) is -3.95. The Kier molecular flexibility index (Phi) is 4.92. The van der Waals surface area contributed by atoms with Gasteiger partial charge < -0.3 is 10.6 Å². The van der Waals surface area contributed by atoms with Gasteiger partial charge in [0.05, 0.1) is 11.8 Å². The number of anilines is 2. The smallest absolute Gasteiger partial charge is 0.228 e. The van der Waals surface area contributed by atoms with E-state index in [1.54, 1.807) is 0 Å². The lowest BCUT2D eigenvalue weighted by molar-refractivity contribution is -0.122. The fourth-order valence-electron chi connectivity index (χ4n) is 2.47. The Morgan fingerprint density at radius 1 is 0.920 bits per heavy atom. The summed E-state index contributed by atoms with van der Waals surface area (Å²) in [7, 11) is 0. The molecule has 130 valence electrons. The van der Waals surface area contributed by atoms with Crippen LogP contribution >= 0.6 is 23.2 Å². The number of rotatable bonds is 4. The Bertz CT molecular complexity index is 820. The van der Waals surface area contributed by atoms with Crippen LogP contribution in [-0.4, -0.2) is 11.8 Å². The first-order valence-corrected chi connectivity index (χ1v) is 8.12. The number of hydrogen-bond acceptors (Lipinski definition) is 2. The van der Waals surface area contributed by atoms with Crippen molar-refractivity contribution < 1.29 is 18.4 Å². The Balaban J connectivity index is 1.62. The van der Waals surface area contributed by atoms with E-state index in [4.69, 9.17) is 23.2 Å². The van der Waals surface area contributed by atoms with Crippen LogP contribution in [-0.2, 0) is 9.59 Å². The van der Waals surface area contributed by atoms with E-state index in [1.807, 2.05) is 0 Å². The molecule has 0 saturated heterocycles. The fourth-order valence-corrected chi connectivity index (χ4v) is 2.99. The van der Waals surface area contributed by atoms with Gasteiger partial charge in [-0.25, -0.2) is 8.78 Å². The zero-order chi connectivity index (χ0) is 18.1. The third kappa shape index (κ3) is 4.08. The molecule has 8 heteroatoms. The topological polar surface area (TPSA) is 58.2 Å². The van der Waals surface area contributed by atoms with Gasteiger partial charge in [-0.05, 0) is 36.8 Å². The van der Waals surface area contributed by atoms with Crippen molar-refractivity contribution in [3.05, 3.63) is 58.1 Å². The molecule has 2 aromatic carbocycles. The van der Waals surface area contributed by atoms with Gasteiger partial charge in [0.15, 0.2) is 0 Å². The molecule has 2 aromatic rings. The van der Waals surface area contributed by atoms with Crippen LogP contribution in [0.4, 0.5) is 20.2 Å². The van der Waals surface area contributed by atoms with Crippen molar-refractivity contribution in [1.29, 1.82) is 0 Å². The molecule has 3 rings (SSSR count). The van der Waals surface area contributed by atoms with Crippen molar-refractivity contribution in [1.82, 2.24) is 0 Å². The molecule has 25 heavy (non-hydrogen) atoms. The monoisotopic (exact) mass is 384 g/mol. The van der Waals surface area contributed by atoms with Gasteiger partial charge in [0, 0.05) is 15.7 Å². The maximum Gasteiger partial charge on any atom is 0.228 e. The lowest BCUT2D eigenvalue weighted by Crippen LogP contribution is -2.21. The van der Waals surface area contributed by atoms with E-state index in [1.165, 1.54) is 24.3 Å². The fraction of sp³-hybridized carbons (Fsp3) is 0.176. The summed E-state index contributed by atoms with van der Waals surface area (Å²) in [6.07, 6.45) is 0.294. The van der Waals surface area contributed by atoms with Crippen molar-refractivity contribution in [2.24, 2.45) is 11.8 Å². The van der Waals surface area contributed by atoms with Gasteiger partial charge in [0.1, 0.15) is 17.3 Å². The second-order valence-corrected chi connectivity index (χ2v) is 6.55. The third-order valence-electron chi connectivity index (χ3n) is 3.81. The van der Waals surface area contributed by atoms with Gasteiger partial charge in [0.25, 0.3) is 0 Å². The lowest BCUT2D eigenvalue weighted by Gasteiger charge is -2.08. The summed E-state index contributed by atoms with van der Waals surface area (Å²) in [6, 6.07) is 7.85. The molecule has 4 nitrogen and oxygen atoms in total. The molecule has 0 aromatic heterocycles. The minimum Gasteiger partial charge on any atom is -0.326 e. The Morgan fingerprint density at radius 3 is 2.00 bits per heavy atom. The molecular weight excluding hydrogens is 373 g/mol. The van der Waals surface area contributed by atoms with Gasteiger partial charge in [-0.2, -0.15) is 0 Å². The molecule has 2 amide bonds. The number of benzene rings is 2.